The summed E-state index contributed by atoms with van der Waals surface area (Å²) in [4.78, 5) is 9.53. The Balaban J connectivity index is 1.42. The van der Waals surface area contributed by atoms with E-state index in [-0.39, 0.29) is 38.3 Å². The zero-order chi connectivity index (χ0) is 27.2. The fraction of sp³-hybridized carbons (Fsp3) is 0.520. The van der Waals surface area contributed by atoms with E-state index in [2.05, 4.69) is 9.97 Å². The zero-order valence-corrected chi connectivity index (χ0v) is 21.6. The summed E-state index contributed by atoms with van der Waals surface area (Å²) in [5.74, 6) is -0.350. The lowest BCUT2D eigenvalue weighted by atomic mass is 9.93. The number of halogens is 4. The van der Waals surface area contributed by atoms with Crippen LogP contribution < -0.4 is 0 Å². The van der Waals surface area contributed by atoms with Gasteiger partial charge in [0.1, 0.15) is 22.2 Å². The lowest BCUT2D eigenvalue weighted by Gasteiger charge is -2.34. The van der Waals surface area contributed by atoms with Crippen molar-refractivity contribution in [1.82, 2.24) is 23.7 Å². The molecule has 8 nitrogen and oxygen atoms in total. The standard InChI is InChI=1S/C25H29F4N5O3S/c1-16-30-13-20-21(14-34(24(20)31-16)18-3-5-19(35)6-4-18)17-2-7-23(22(26)12-17)38(36,37)33-10-8-32(9-11-33)15-25(27,28)29/h2,7,12-14,18-19,35H,3-6,8-11,15H2,1H3/t18-,19-. The molecule has 0 unspecified atom stereocenters. The molecule has 3 aromatic rings. The van der Waals surface area contributed by atoms with Crippen LogP contribution in [0.4, 0.5) is 17.6 Å². The van der Waals surface area contributed by atoms with Crippen molar-refractivity contribution >= 4 is 21.1 Å². The van der Waals surface area contributed by atoms with Crippen LogP contribution in [0.5, 0.6) is 0 Å². The van der Waals surface area contributed by atoms with Gasteiger partial charge in [0, 0.05) is 55.6 Å². The maximum absolute atomic E-state index is 15.3. The quantitative estimate of drug-likeness (QED) is 0.481. The summed E-state index contributed by atoms with van der Waals surface area (Å²) in [7, 11) is -4.23. The molecule has 0 radical (unpaired) electrons. The number of aliphatic hydroxyl groups excluding tert-OH is 1. The van der Waals surface area contributed by atoms with Gasteiger partial charge in [0.2, 0.25) is 10.0 Å². The molecule has 1 aliphatic heterocycles. The summed E-state index contributed by atoms with van der Waals surface area (Å²) in [5.41, 5.74) is 1.82. The van der Waals surface area contributed by atoms with E-state index in [1.807, 2.05) is 10.8 Å². The number of hydrogen-bond acceptors (Lipinski definition) is 6. The number of aliphatic hydroxyl groups is 1. The van der Waals surface area contributed by atoms with Gasteiger partial charge in [-0.1, -0.05) is 6.07 Å². The first-order valence-corrected chi connectivity index (χ1v) is 14.0. The number of rotatable bonds is 5. The van der Waals surface area contributed by atoms with Crippen molar-refractivity contribution < 1.29 is 31.1 Å². The van der Waals surface area contributed by atoms with Crippen LogP contribution in [-0.2, 0) is 10.0 Å². The first kappa shape index (κ1) is 27.0. The molecule has 3 heterocycles. The van der Waals surface area contributed by atoms with Gasteiger partial charge in [-0.25, -0.2) is 22.8 Å². The van der Waals surface area contributed by atoms with Crippen LogP contribution in [0.2, 0.25) is 0 Å². The number of hydrogen-bond donors (Lipinski definition) is 1. The highest BCUT2D eigenvalue weighted by Crippen LogP contribution is 2.37. The third-order valence-corrected chi connectivity index (χ3v) is 9.28. The maximum atomic E-state index is 15.3. The van der Waals surface area contributed by atoms with Gasteiger partial charge in [0.25, 0.3) is 0 Å². The van der Waals surface area contributed by atoms with Crippen LogP contribution in [0, 0.1) is 12.7 Å². The van der Waals surface area contributed by atoms with Gasteiger partial charge in [-0.2, -0.15) is 17.5 Å². The van der Waals surface area contributed by atoms with Gasteiger partial charge >= 0.3 is 6.18 Å². The summed E-state index contributed by atoms with van der Waals surface area (Å²) in [5, 5.41) is 10.6. The van der Waals surface area contributed by atoms with Crippen LogP contribution in [0.15, 0.2) is 35.5 Å². The van der Waals surface area contributed by atoms with E-state index in [4.69, 9.17) is 0 Å². The lowest BCUT2D eigenvalue weighted by molar-refractivity contribution is -0.148. The van der Waals surface area contributed by atoms with Crippen molar-refractivity contribution in [2.45, 2.75) is 55.8 Å². The van der Waals surface area contributed by atoms with Gasteiger partial charge in [-0.15, -0.1) is 0 Å². The Bertz CT molecular complexity index is 1430. The van der Waals surface area contributed by atoms with E-state index in [9.17, 15) is 26.7 Å². The smallest absolute Gasteiger partial charge is 0.393 e. The molecule has 0 spiro atoms. The molecule has 0 amide bonds. The molecular weight excluding hydrogens is 526 g/mol. The van der Waals surface area contributed by atoms with Crippen molar-refractivity contribution in [2.75, 3.05) is 32.7 Å². The zero-order valence-electron chi connectivity index (χ0n) is 20.8. The van der Waals surface area contributed by atoms with Crippen LogP contribution in [0.3, 0.4) is 0 Å². The first-order valence-electron chi connectivity index (χ1n) is 12.5. The SMILES string of the molecule is Cc1ncc2c(-c3ccc(S(=O)(=O)N4CCN(CC(F)(F)F)CC4)c(F)c3)cn([C@H]3CC[C@H](O)CC3)c2n1. The molecule has 206 valence electrons. The summed E-state index contributed by atoms with van der Waals surface area (Å²) in [6.07, 6.45) is 1.76. The van der Waals surface area contributed by atoms with Crippen LogP contribution in [0.25, 0.3) is 22.2 Å². The second kappa shape index (κ2) is 10.2. The number of fused-ring (bicyclic) bond motifs is 1. The number of aromatic nitrogens is 3. The summed E-state index contributed by atoms with van der Waals surface area (Å²) in [6, 6.07) is 4.01. The molecule has 1 saturated heterocycles. The minimum Gasteiger partial charge on any atom is -0.393 e. The number of piperazine rings is 1. The molecule has 5 rings (SSSR count). The number of benzene rings is 1. The minimum absolute atomic E-state index is 0.0877. The normalized spacial score (nSPS) is 22.3. The van der Waals surface area contributed by atoms with Crippen LogP contribution in [0.1, 0.15) is 37.5 Å². The molecule has 1 N–H and O–H groups in total. The molecule has 13 heteroatoms. The highest BCUT2D eigenvalue weighted by Gasteiger charge is 2.36. The van der Waals surface area contributed by atoms with E-state index in [0.717, 1.165) is 28.1 Å². The monoisotopic (exact) mass is 555 g/mol. The van der Waals surface area contributed by atoms with Gasteiger partial charge in [-0.05, 0) is 50.3 Å². The molecular formula is C25H29F4N5O3S. The third-order valence-electron chi connectivity index (χ3n) is 7.35. The third kappa shape index (κ3) is 5.42. The Labute approximate surface area is 217 Å². The Morgan fingerprint density at radius 1 is 1.08 bits per heavy atom. The average Bonchev–Trinajstić information content (AvgIpc) is 3.22. The molecule has 2 fully saturated rings. The van der Waals surface area contributed by atoms with Crippen molar-refractivity contribution in [2.24, 2.45) is 0 Å². The second-order valence-corrected chi connectivity index (χ2v) is 11.9. The second-order valence-electron chi connectivity index (χ2n) is 10.0. The largest absolute Gasteiger partial charge is 0.401 e. The van der Waals surface area contributed by atoms with Gasteiger partial charge in [0.15, 0.2) is 0 Å². The first-order chi connectivity index (χ1) is 17.9. The summed E-state index contributed by atoms with van der Waals surface area (Å²) < 4.78 is 82.6. The maximum Gasteiger partial charge on any atom is 0.401 e. The molecule has 1 saturated carbocycles. The van der Waals surface area contributed by atoms with E-state index in [1.165, 1.54) is 12.1 Å². The minimum atomic E-state index is -4.37. The van der Waals surface area contributed by atoms with Gasteiger partial charge < -0.3 is 9.67 Å². The number of sulfonamides is 1. The molecule has 2 aromatic heterocycles. The number of nitrogens with zero attached hydrogens (tertiary/aromatic N) is 5. The van der Waals surface area contributed by atoms with Crippen LogP contribution >= 0.6 is 0 Å². The lowest BCUT2D eigenvalue weighted by Crippen LogP contribution is -2.50. The molecule has 38 heavy (non-hydrogen) atoms. The van der Waals surface area contributed by atoms with Crippen LogP contribution in [-0.4, -0.2) is 82.3 Å². The summed E-state index contributed by atoms with van der Waals surface area (Å²) in [6.45, 7) is 0.191. The fourth-order valence-electron chi connectivity index (χ4n) is 5.36. The molecule has 2 aliphatic rings. The molecule has 1 aromatic carbocycles. The number of alkyl halides is 3. The average molecular weight is 556 g/mol. The van der Waals surface area contributed by atoms with Crippen molar-refractivity contribution in [3.05, 3.63) is 42.2 Å². The Kier molecular flexibility index (Phi) is 7.22. The van der Waals surface area contributed by atoms with Gasteiger partial charge in [0.05, 0.1) is 12.6 Å². The summed E-state index contributed by atoms with van der Waals surface area (Å²) >= 11 is 0. The van der Waals surface area contributed by atoms with E-state index >= 15 is 4.39 Å². The Morgan fingerprint density at radius 3 is 2.39 bits per heavy atom. The van der Waals surface area contributed by atoms with E-state index < -0.39 is 33.5 Å². The van der Waals surface area contributed by atoms with Gasteiger partial charge in [-0.3, -0.25) is 4.90 Å². The predicted octanol–water partition coefficient (Wildman–Crippen LogP) is 3.89. The van der Waals surface area contributed by atoms with Crippen molar-refractivity contribution in [1.29, 1.82) is 0 Å². The van der Waals surface area contributed by atoms with E-state index in [1.54, 1.807) is 13.1 Å². The molecule has 1 aliphatic carbocycles. The molecule has 0 bridgehead atoms. The van der Waals surface area contributed by atoms with Crippen molar-refractivity contribution in [3.63, 3.8) is 0 Å². The Morgan fingerprint density at radius 2 is 1.76 bits per heavy atom. The van der Waals surface area contributed by atoms with Crippen molar-refractivity contribution in [3.8, 4) is 11.1 Å². The highest BCUT2D eigenvalue weighted by molar-refractivity contribution is 7.89. The molecule has 0 atom stereocenters. The number of aryl methyl sites for hydroxylation is 1. The predicted molar refractivity (Wildman–Crippen MR) is 132 cm³/mol. The Hall–Kier alpha value is -2.61. The fourth-order valence-corrected chi connectivity index (χ4v) is 6.83. The highest BCUT2D eigenvalue weighted by atomic mass is 32.2. The van der Waals surface area contributed by atoms with E-state index in [0.29, 0.717) is 40.8 Å². The topological polar surface area (TPSA) is 91.6 Å².